The van der Waals surface area contributed by atoms with Gasteiger partial charge in [0, 0.05) is 38.8 Å². The van der Waals surface area contributed by atoms with Crippen LogP contribution in [0.15, 0.2) is 24.3 Å². The van der Waals surface area contributed by atoms with Crippen LogP contribution in [0.1, 0.15) is 44.3 Å². The van der Waals surface area contributed by atoms with Crippen LogP contribution in [0.5, 0.6) is 0 Å². The van der Waals surface area contributed by atoms with Crippen LogP contribution in [-0.2, 0) is 4.79 Å². The van der Waals surface area contributed by atoms with Crippen molar-refractivity contribution >= 4 is 11.6 Å². The molecule has 2 aliphatic rings. The van der Waals surface area contributed by atoms with E-state index in [2.05, 4.69) is 29.2 Å². The lowest BCUT2D eigenvalue weighted by Gasteiger charge is -2.34. The number of nitrogens with zero attached hydrogens (tertiary/aromatic N) is 2. The second kappa shape index (κ2) is 6.69. The highest BCUT2D eigenvalue weighted by Crippen LogP contribution is 2.32. The lowest BCUT2D eigenvalue weighted by atomic mass is 9.87. The summed E-state index contributed by atoms with van der Waals surface area (Å²) in [6.45, 7) is 5.44. The van der Waals surface area contributed by atoms with Gasteiger partial charge in [0.15, 0.2) is 0 Å². The van der Waals surface area contributed by atoms with Crippen LogP contribution in [0.25, 0.3) is 0 Å². The van der Waals surface area contributed by atoms with Crippen molar-refractivity contribution in [1.82, 2.24) is 4.90 Å². The molecular formula is C18H26N2O2. The van der Waals surface area contributed by atoms with Crippen LogP contribution in [-0.4, -0.2) is 42.1 Å². The Kier molecular flexibility index (Phi) is 4.67. The molecule has 1 atom stereocenters. The molecule has 0 aliphatic carbocycles. The molecule has 1 amide bonds. The maximum atomic E-state index is 11.4. The number of hydrogen-bond acceptors (Lipinski definition) is 3. The lowest BCUT2D eigenvalue weighted by molar-refractivity contribution is -0.130. The van der Waals surface area contributed by atoms with Crippen LogP contribution in [0.2, 0.25) is 0 Å². The first kappa shape index (κ1) is 15.3. The average molecular weight is 302 g/mol. The summed E-state index contributed by atoms with van der Waals surface area (Å²) in [5.74, 6) is 0.399. The lowest BCUT2D eigenvalue weighted by Crippen LogP contribution is -2.38. The Labute approximate surface area is 132 Å². The number of aliphatic hydroxyl groups excluding tert-OH is 1. The van der Waals surface area contributed by atoms with Crippen LogP contribution in [0, 0.1) is 5.92 Å². The Bertz CT molecular complexity index is 500. The van der Waals surface area contributed by atoms with E-state index in [1.807, 2.05) is 4.90 Å². The molecule has 0 radical (unpaired) electrons. The minimum Gasteiger partial charge on any atom is -0.388 e. The second-order valence-electron chi connectivity index (χ2n) is 6.57. The van der Waals surface area contributed by atoms with Crippen LogP contribution >= 0.6 is 0 Å². The van der Waals surface area contributed by atoms with E-state index >= 15 is 0 Å². The third-order valence-corrected chi connectivity index (χ3v) is 5.14. The van der Waals surface area contributed by atoms with Crippen molar-refractivity contribution in [1.29, 1.82) is 0 Å². The first-order chi connectivity index (χ1) is 10.6. The number of likely N-dealkylation sites (tertiary alicyclic amines) is 1. The van der Waals surface area contributed by atoms with Crippen molar-refractivity contribution in [2.45, 2.75) is 38.7 Å². The summed E-state index contributed by atoms with van der Waals surface area (Å²) in [6, 6.07) is 8.40. The van der Waals surface area contributed by atoms with Gasteiger partial charge >= 0.3 is 0 Å². The summed E-state index contributed by atoms with van der Waals surface area (Å²) < 4.78 is 0. The number of anilines is 1. The maximum absolute atomic E-state index is 11.4. The Morgan fingerprint density at radius 2 is 1.68 bits per heavy atom. The monoisotopic (exact) mass is 302 g/mol. The molecule has 4 nitrogen and oxygen atoms in total. The van der Waals surface area contributed by atoms with Gasteiger partial charge in [0.1, 0.15) is 0 Å². The van der Waals surface area contributed by atoms with Gasteiger partial charge < -0.3 is 14.9 Å². The SMILES string of the molecule is CC(=O)N1CCC(C(O)c2ccc(N3CCCC3)cc2)CC1. The standard InChI is InChI=1S/C18H26N2O2/c1-14(21)19-12-8-16(9-13-19)18(22)15-4-6-17(7-5-15)20-10-2-3-11-20/h4-7,16,18,22H,2-3,8-13H2,1H3. The maximum Gasteiger partial charge on any atom is 0.219 e. The van der Waals surface area contributed by atoms with Gasteiger partial charge in [-0.1, -0.05) is 12.1 Å². The molecule has 3 rings (SSSR count). The molecule has 0 aromatic heterocycles. The summed E-state index contributed by atoms with van der Waals surface area (Å²) in [7, 11) is 0. The van der Waals surface area contributed by atoms with Crippen molar-refractivity contribution in [3.05, 3.63) is 29.8 Å². The predicted octanol–water partition coefficient (Wildman–Crippen LogP) is 2.58. The summed E-state index contributed by atoms with van der Waals surface area (Å²) in [6.07, 6.45) is 3.91. The molecule has 2 aliphatic heterocycles. The smallest absolute Gasteiger partial charge is 0.219 e. The number of carbonyl (C=O) groups is 1. The summed E-state index contributed by atoms with van der Waals surface area (Å²) >= 11 is 0. The molecular weight excluding hydrogens is 276 g/mol. The van der Waals surface area contributed by atoms with Gasteiger partial charge in [0.25, 0.3) is 0 Å². The van der Waals surface area contributed by atoms with Gasteiger partial charge in [-0.3, -0.25) is 4.79 Å². The van der Waals surface area contributed by atoms with E-state index in [4.69, 9.17) is 0 Å². The topological polar surface area (TPSA) is 43.8 Å². The number of piperidine rings is 1. The number of hydrogen-bond donors (Lipinski definition) is 1. The zero-order valence-electron chi connectivity index (χ0n) is 13.4. The average Bonchev–Trinajstić information content (AvgIpc) is 3.09. The first-order valence-corrected chi connectivity index (χ1v) is 8.43. The van der Waals surface area contributed by atoms with E-state index in [1.54, 1.807) is 6.92 Å². The Morgan fingerprint density at radius 1 is 1.09 bits per heavy atom. The number of amides is 1. The van der Waals surface area contributed by atoms with Gasteiger partial charge in [-0.05, 0) is 49.3 Å². The van der Waals surface area contributed by atoms with E-state index in [9.17, 15) is 9.90 Å². The molecule has 0 saturated carbocycles. The van der Waals surface area contributed by atoms with Gasteiger partial charge in [-0.15, -0.1) is 0 Å². The van der Waals surface area contributed by atoms with E-state index in [1.165, 1.54) is 18.5 Å². The van der Waals surface area contributed by atoms with Crippen molar-refractivity contribution in [2.24, 2.45) is 5.92 Å². The van der Waals surface area contributed by atoms with Crippen molar-refractivity contribution in [3.63, 3.8) is 0 Å². The van der Waals surface area contributed by atoms with Crippen molar-refractivity contribution in [2.75, 3.05) is 31.1 Å². The van der Waals surface area contributed by atoms with Gasteiger partial charge in [0.2, 0.25) is 5.91 Å². The summed E-state index contributed by atoms with van der Waals surface area (Å²) in [4.78, 5) is 15.6. The fourth-order valence-electron chi connectivity index (χ4n) is 3.66. The highest BCUT2D eigenvalue weighted by Gasteiger charge is 2.27. The minimum atomic E-state index is -0.415. The van der Waals surface area contributed by atoms with Crippen LogP contribution < -0.4 is 4.90 Å². The molecule has 1 aromatic carbocycles. The van der Waals surface area contributed by atoms with Gasteiger partial charge in [-0.2, -0.15) is 0 Å². The number of benzene rings is 1. The van der Waals surface area contributed by atoms with Gasteiger partial charge in [-0.25, -0.2) is 0 Å². The van der Waals surface area contributed by atoms with E-state index < -0.39 is 6.10 Å². The quantitative estimate of drug-likeness (QED) is 0.933. The van der Waals surface area contributed by atoms with Crippen LogP contribution in [0.4, 0.5) is 5.69 Å². The van der Waals surface area contributed by atoms with Crippen molar-refractivity contribution in [3.8, 4) is 0 Å². The van der Waals surface area contributed by atoms with E-state index in [-0.39, 0.29) is 11.8 Å². The molecule has 1 unspecified atom stereocenters. The van der Waals surface area contributed by atoms with E-state index in [0.717, 1.165) is 44.6 Å². The molecule has 1 N–H and O–H groups in total. The van der Waals surface area contributed by atoms with E-state index in [0.29, 0.717) is 0 Å². The molecule has 2 fully saturated rings. The molecule has 4 heteroatoms. The zero-order valence-corrected chi connectivity index (χ0v) is 13.4. The zero-order chi connectivity index (χ0) is 15.5. The molecule has 1 aromatic rings. The minimum absolute atomic E-state index is 0.142. The number of aliphatic hydroxyl groups is 1. The third kappa shape index (κ3) is 3.27. The van der Waals surface area contributed by atoms with Crippen LogP contribution in [0.3, 0.4) is 0 Å². The number of rotatable bonds is 3. The Hall–Kier alpha value is -1.55. The highest BCUT2D eigenvalue weighted by molar-refractivity contribution is 5.73. The highest BCUT2D eigenvalue weighted by atomic mass is 16.3. The summed E-state index contributed by atoms with van der Waals surface area (Å²) in [5, 5.41) is 10.6. The van der Waals surface area contributed by atoms with Crippen molar-refractivity contribution < 1.29 is 9.90 Å². The fourth-order valence-corrected chi connectivity index (χ4v) is 3.66. The summed E-state index contributed by atoms with van der Waals surface area (Å²) in [5.41, 5.74) is 2.27. The molecule has 0 spiro atoms. The number of carbonyl (C=O) groups excluding carboxylic acids is 1. The first-order valence-electron chi connectivity index (χ1n) is 8.43. The molecule has 120 valence electrons. The molecule has 2 heterocycles. The third-order valence-electron chi connectivity index (χ3n) is 5.14. The Balaban J connectivity index is 1.60. The largest absolute Gasteiger partial charge is 0.388 e. The predicted molar refractivity (Wildman–Crippen MR) is 87.8 cm³/mol. The molecule has 22 heavy (non-hydrogen) atoms. The fraction of sp³-hybridized carbons (Fsp3) is 0.611. The molecule has 2 saturated heterocycles. The normalized spacial score (nSPS) is 21.2. The second-order valence-corrected chi connectivity index (χ2v) is 6.57. The van der Waals surface area contributed by atoms with Gasteiger partial charge in [0.05, 0.1) is 6.10 Å². The molecule has 0 bridgehead atoms. The Morgan fingerprint density at radius 3 is 2.23 bits per heavy atom.